The molecule has 1 rings (SSSR count). The van der Waals surface area contributed by atoms with Gasteiger partial charge in [0.2, 0.25) is 0 Å². The second-order valence-electron chi connectivity index (χ2n) is 3.21. The maximum atomic E-state index is 11.4. The number of halogens is 1. The number of nitriles is 1. The fourth-order valence-corrected chi connectivity index (χ4v) is 1.65. The van der Waals surface area contributed by atoms with E-state index in [9.17, 15) is 9.59 Å². The molecule has 0 radical (unpaired) electrons. The van der Waals surface area contributed by atoms with E-state index in [1.54, 1.807) is 6.92 Å². The Kier molecular flexibility index (Phi) is 4.68. The molecular formula is C12H10ClNO3. The quantitative estimate of drug-likeness (QED) is 0.607. The van der Waals surface area contributed by atoms with Gasteiger partial charge >= 0.3 is 5.97 Å². The minimum absolute atomic E-state index is 0.115. The van der Waals surface area contributed by atoms with Crippen LogP contribution in [-0.2, 0) is 16.0 Å². The van der Waals surface area contributed by atoms with Gasteiger partial charge in [-0.25, -0.2) is 0 Å². The van der Waals surface area contributed by atoms with Crippen LogP contribution in [0.1, 0.15) is 28.4 Å². The van der Waals surface area contributed by atoms with Crippen LogP contribution in [0.5, 0.6) is 0 Å². The van der Waals surface area contributed by atoms with E-state index < -0.39 is 5.97 Å². The Morgan fingerprint density at radius 2 is 2.29 bits per heavy atom. The zero-order valence-corrected chi connectivity index (χ0v) is 9.95. The van der Waals surface area contributed by atoms with Gasteiger partial charge in [0, 0.05) is 5.56 Å². The lowest BCUT2D eigenvalue weighted by Crippen LogP contribution is -2.10. The fraction of sp³-hybridized carbons (Fsp3) is 0.250. The molecule has 1 aromatic rings. The summed E-state index contributed by atoms with van der Waals surface area (Å²) in [5.74, 6) is -0.479. The maximum absolute atomic E-state index is 11.4. The van der Waals surface area contributed by atoms with Crippen LogP contribution in [0.15, 0.2) is 12.1 Å². The molecule has 0 N–H and O–H groups in total. The van der Waals surface area contributed by atoms with Crippen molar-refractivity contribution in [1.82, 2.24) is 0 Å². The number of rotatable bonds is 4. The number of benzene rings is 1. The number of ether oxygens (including phenoxy) is 1. The molecule has 4 nitrogen and oxygen atoms in total. The highest BCUT2D eigenvalue weighted by molar-refractivity contribution is 6.33. The van der Waals surface area contributed by atoms with Crippen molar-refractivity contribution in [1.29, 1.82) is 5.26 Å². The highest BCUT2D eigenvalue weighted by Crippen LogP contribution is 2.24. The van der Waals surface area contributed by atoms with Crippen LogP contribution in [0.2, 0.25) is 5.02 Å². The molecule has 0 aromatic heterocycles. The standard InChI is InChI=1S/C12H10ClNO3/c1-2-17-11(16)5-10-9(7-15)4-3-8(6-14)12(10)13/h3-4,7H,2,5H2,1H3. The van der Waals surface area contributed by atoms with Gasteiger partial charge in [0.15, 0.2) is 0 Å². The number of carbonyl (C=O) groups is 2. The average Bonchev–Trinajstić information content (AvgIpc) is 2.32. The highest BCUT2D eigenvalue weighted by Gasteiger charge is 2.15. The molecule has 88 valence electrons. The second kappa shape index (κ2) is 6.02. The zero-order chi connectivity index (χ0) is 12.8. The molecule has 0 saturated heterocycles. The van der Waals surface area contributed by atoms with Gasteiger partial charge in [0.1, 0.15) is 12.4 Å². The molecule has 0 unspecified atom stereocenters. The van der Waals surface area contributed by atoms with Gasteiger partial charge in [-0.3, -0.25) is 9.59 Å². The summed E-state index contributed by atoms with van der Waals surface area (Å²) in [7, 11) is 0. The van der Waals surface area contributed by atoms with Crippen LogP contribution < -0.4 is 0 Å². The predicted octanol–water partition coefficient (Wildman–Crippen LogP) is 2.13. The van der Waals surface area contributed by atoms with Crippen LogP contribution in [-0.4, -0.2) is 18.9 Å². The first-order valence-corrected chi connectivity index (χ1v) is 5.34. The summed E-state index contributed by atoms with van der Waals surface area (Å²) >= 11 is 5.95. The van der Waals surface area contributed by atoms with Gasteiger partial charge in [-0.2, -0.15) is 5.26 Å². The first kappa shape index (κ1) is 13.2. The number of carbonyl (C=O) groups excluding carboxylic acids is 2. The molecule has 0 aliphatic heterocycles. The summed E-state index contributed by atoms with van der Waals surface area (Å²) < 4.78 is 4.78. The molecule has 17 heavy (non-hydrogen) atoms. The molecule has 0 spiro atoms. The molecule has 0 aliphatic rings. The van der Waals surface area contributed by atoms with Crippen molar-refractivity contribution < 1.29 is 14.3 Å². The van der Waals surface area contributed by atoms with Crippen LogP contribution in [0.4, 0.5) is 0 Å². The van der Waals surface area contributed by atoms with Gasteiger partial charge in [0.05, 0.1) is 23.6 Å². The number of aldehydes is 1. The van der Waals surface area contributed by atoms with Crippen LogP contribution >= 0.6 is 11.6 Å². The van der Waals surface area contributed by atoms with E-state index in [1.165, 1.54) is 12.1 Å². The van der Waals surface area contributed by atoms with Gasteiger partial charge < -0.3 is 4.74 Å². The molecule has 1 aromatic carbocycles. The summed E-state index contributed by atoms with van der Waals surface area (Å²) in [4.78, 5) is 22.2. The lowest BCUT2D eigenvalue weighted by atomic mass is 10.0. The minimum atomic E-state index is -0.479. The maximum Gasteiger partial charge on any atom is 0.310 e. The van der Waals surface area contributed by atoms with E-state index in [-0.39, 0.29) is 23.6 Å². The predicted molar refractivity (Wildman–Crippen MR) is 61.9 cm³/mol. The number of hydrogen-bond acceptors (Lipinski definition) is 4. The minimum Gasteiger partial charge on any atom is -0.466 e. The van der Waals surface area contributed by atoms with Gasteiger partial charge in [-0.05, 0) is 24.6 Å². The average molecular weight is 252 g/mol. The molecule has 0 heterocycles. The molecule has 5 heteroatoms. The Morgan fingerprint density at radius 1 is 1.59 bits per heavy atom. The zero-order valence-electron chi connectivity index (χ0n) is 9.20. The smallest absolute Gasteiger partial charge is 0.310 e. The largest absolute Gasteiger partial charge is 0.466 e. The van der Waals surface area contributed by atoms with Crippen molar-refractivity contribution in [2.24, 2.45) is 0 Å². The Labute approximate surface area is 104 Å². The summed E-state index contributed by atoms with van der Waals surface area (Å²) in [5.41, 5.74) is 0.859. The topological polar surface area (TPSA) is 67.2 Å². The number of esters is 1. The number of nitrogens with zero attached hydrogens (tertiary/aromatic N) is 1. The van der Waals surface area contributed by atoms with E-state index in [4.69, 9.17) is 21.6 Å². The lowest BCUT2D eigenvalue weighted by Gasteiger charge is -2.08. The van der Waals surface area contributed by atoms with Gasteiger partial charge in [-0.1, -0.05) is 11.6 Å². The highest BCUT2D eigenvalue weighted by atomic mass is 35.5. The summed E-state index contributed by atoms with van der Waals surface area (Å²) in [6, 6.07) is 4.80. The molecule has 0 atom stereocenters. The third-order valence-electron chi connectivity index (χ3n) is 2.15. The first-order chi connectivity index (χ1) is 8.13. The molecule has 0 aliphatic carbocycles. The van der Waals surface area contributed by atoms with Crippen LogP contribution in [0, 0.1) is 11.3 Å². The van der Waals surface area contributed by atoms with E-state index in [0.29, 0.717) is 17.4 Å². The van der Waals surface area contributed by atoms with E-state index >= 15 is 0 Å². The summed E-state index contributed by atoms with van der Waals surface area (Å²) in [6.45, 7) is 1.94. The van der Waals surface area contributed by atoms with Crippen LogP contribution in [0.3, 0.4) is 0 Å². The normalized spacial score (nSPS) is 9.47. The van der Waals surface area contributed by atoms with Crippen molar-refractivity contribution in [2.75, 3.05) is 6.61 Å². The molecule has 0 fully saturated rings. The summed E-state index contributed by atoms with van der Waals surface area (Å²) in [6.07, 6.45) is 0.484. The Hall–Kier alpha value is -1.86. The van der Waals surface area contributed by atoms with E-state index in [0.717, 1.165) is 0 Å². The Morgan fingerprint density at radius 3 is 2.82 bits per heavy atom. The second-order valence-corrected chi connectivity index (χ2v) is 3.58. The van der Waals surface area contributed by atoms with Crippen LogP contribution in [0.25, 0.3) is 0 Å². The Balaban J connectivity index is 3.15. The molecular weight excluding hydrogens is 242 g/mol. The van der Waals surface area contributed by atoms with Crippen molar-refractivity contribution in [3.8, 4) is 6.07 Å². The van der Waals surface area contributed by atoms with Crippen molar-refractivity contribution >= 4 is 23.9 Å². The van der Waals surface area contributed by atoms with E-state index in [2.05, 4.69) is 0 Å². The van der Waals surface area contributed by atoms with Crippen molar-refractivity contribution in [3.63, 3.8) is 0 Å². The SMILES string of the molecule is CCOC(=O)Cc1c(C=O)ccc(C#N)c1Cl. The third-order valence-corrected chi connectivity index (χ3v) is 2.59. The van der Waals surface area contributed by atoms with Crippen molar-refractivity contribution in [2.45, 2.75) is 13.3 Å². The van der Waals surface area contributed by atoms with E-state index in [1.807, 2.05) is 6.07 Å². The summed E-state index contributed by atoms with van der Waals surface area (Å²) in [5, 5.41) is 8.93. The molecule has 0 saturated carbocycles. The van der Waals surface area contributed by atoms with Gasteiger partial charge in [-0.15, -0.1) is 0 Å². The Bertz CT molecular complexity index is 491. The first-order valence-electron chi connectivity index (χ1n) is 4.96. The lowest BCUT2D eigenvalue weighted by molar-refractivity contribution is -0.142. The fourth-order valence-electron chi connectivity index (χ4n) is 1.37. The van der Waals surface area contributed by atoms with Gasteiger partial charge in [0.25, 0.3) is 0 Å². The van der Waals surface area contributed by atoms with Crippen molar-refractivity contribution in [3.05, 3.63) is 33.8 Å². The number of hydrogen-bond donors (Lipinski definition) is 0. The molecule has 0 amide bonds. The third kappa shape index (κ3) is 3.05. The monoisotopic (exact) mass is 251 g/mol. The molecule has 0 bridgehead atoms.